The van der Waals surface area contributed by atoms with Crippen LogP contribution in [0.15, 0.2) is 66.7 Å². The number of non-ortho nitro benzene ring substituents is 1. The number of fused-ring (bicyclic) bond motifs is 1. The number of ether oxygens (including phenoxy) is 1. The molecular weight excluding hydrogens is 407 g/mol. The summed E-state index contributed by atoms with van der Waals surface area (Å²) in [5, 5.41) is 10.7. The SMILES string of the molecule is O=C(OCc1ccc([N+](=O)[O-])cc1)c1ccc2c(c1)C(=O)N(c1ccc(F)cc1)C2=O. The second kappa shape index (κ2) is 7.79. The quantitative estimate of drug-likeness (QED) is 0.268. The largest absolute Gasteiger partial charge is 0.457 e. The lowest BCUT2D eigenvalue weighted by molar-refractivity contribution is -0.384. The molecule has 3 aromatic carbocycles. The maximum atomic E-state index is 13.2. The number of benzene rings is 3. The Labute approximate surface area is 174 Å². The fourth-order valence-electron chi connectivity index (χ4n) is 3.14. The summed E-state index contributed by atoms with van der Waals surface area (Å²) < 4.78 is 18.4. The molecule has 8 nitrogen and oxygen atoms in total. The molecule has 9 heteroatoms. The molecule has 1 heterocycles. The number of nitro groups is 1. The number of halogens is 1. The van der Waals surface area contributed by atoms with Gasteiger partial charge in [-0.05, 0) is 60.2 Å². The van der Waals surface area contributed by atoms with Crippen molar-refractivity contribution in [1.82, 2.24) is 0 Å². The summed E-state index contributed by atoms with van der Waals surface area (Å²) in [6, 6.07) is 14.5. The van der Waals surface area contributed by atoms with Crippen LogP contribution in [0.25, 0.3) is 0 Å². The van der Waals surface area contributed by atoms with E-state index in [0.29, 0.717) is 5.56 Å². The number of hydrogen-bond acceptors (Lipinski definition) is 6. The maximum absolute atomic E-state index is 13.2. The van der Waals surface area contributed by atoms with E-state index in [0.717, 1.165) is 17.0 Å². The summed E-state index contributed by atoms with van der Waals surface area (Å²) in [6.07, 6.45) is 0. The predicted molar refractivity (Wildman–Crippen MR) is 106 cm³/mol. The molecule has 1 aliphatic rings. The lowest BCUT2D eigenvalue weighted by Crippen LogP contribution is -2.29. The number of nitro benzene ring substituents is 1. The molecule has 0 unspecified atom stereocenters. The number of nitrogens with zero attached hydrogens (tertiary/aromatic N) is 2. The lowest BCUT2D eigenvalue weighted by Gasteiger charge is -2.13. The van der Waals surface area contributed by atoms with Crippen molar-refractivity contribution in [2.75, 3.05) is 4.90 Å². The van der Waals surface area contributed by atoms with Gasteiger partial charge in [0.2, 0.25) is 0 Å². The maximum Gasteiger partial charge on any atom is 0.338 e. The van der Waals surface area contributed by atoms with Crippen molar-refractivity contribution in [3.8, 4) is 0 Å². The third kappa shape index (κ3) is 3.76. The minimum absolute atomic E-state index is 0.0408. The van der Waals surface area contributed by atoms with Gasteiger partial charge in [0.05, 0.1) is 27.3 Å². The van der Waals surface area contributed by atoms with Crippen molar-refractivity contribution in [2.24, 2.45) is 0 Å². The molecule has 0 bridgehead atoms. The van der Waals surface area contributed by atoms with Crippen LogP contribution in [0.2, 0.25) is 0 Å². The van der Waals surface area contributed by atoms with E-state index in [1.807, 2.05) is 0 Å². The Morgan fingerprint density at radius 2 is 1.58 bits per heavy atom. The molecule has 31 heavy (non-hydrogen) atoms. The third-order valence-electron chi connectivity index (χ3n) is 4.72. The molecule has 0 spiro atoms. The van der Waals surface area contributed by atoms with E-state index in [4.69, 9.17) is 4.74 Å². The van der Waals surface area contributed by atoms with Crippen LogP contribution in [0.4, 0.5) is 15.8 Å². The Hall–Kier alpha value is -4.40. The molecule has 0 aromatic heterocycles. The summed E-state index contributed by atoms with van der Waals surface area (Å²) in [7, 11) is 0. The fourth-order valence-corrected chi connectivity index (χ4v) is 3.14. The van der Waals surface area contributed by atoms with Crippen molar-refractivity contribution >= 4 is 29.2 Å². The van der Waals surface area contributed by atoms with Crippen molar-refractivity contribution in [3.05, 3.63) is 105 Å². The zero-order valence-corrected chi connectivity index (χ0v) is 15.8. The Bertz CT molecular complexity index is 1220. The number of anilines is 1. The first-order valence-electron chi connectivity index (χ1n) is 9.04. The smallest absolute Gasteiger partial charge is 0.338 e. The van der Waals surface area contributed by atoms with Gasteiger partial charge >= 0.3 is 5.97 Å². The Morgan fingerprint density at radius 1 is 0.935 bits per heavy atom. The standard InChI is InChI=1S/C22H13FN2O6/c23-15-4-8-16(9-5-15)24-20(26)18-10-3-14(11-19(18)21(24)27)22(28)31-12-13-1-6-17(7-2-13)25(29)30/h1-11H,12H2. The highest BCUT2D eigenvalue weighted by Gasteiger charge is 2.37. The highest BCUT2D eigenvalue weighted by Crippen LogP contribution is 2.29. The second-order valence-corrected chi connectivity index (χ2v) is 6.68. The zero-order chi connectivity index (χ0) is 22.1. The summed E-state index contributed by atoms with van der Waals surface area (Å²) in [4.78, 5) is 48.8. The molecule has 0 radical (unpaired) electrons. The molecule has 154 valence electrons. The summed E-state index contributed by atoms with van der Waals surface area (Å²) >= 11 is 0. The molecule has 3 aromatic rings. The van der Waals surface area contributed by atoms with Gasteiger partial charge in [-0.2, -0.15) is 0 Å². The Morgan fingerprint density at radius 3 is 2.23 bits per heavy atom. The first kappa shape index (κ1) is 19.9. The van der Waals surface area contributed by atoms with Gasteiger partial charge in [0.25, 0.3) is 17.5 Å². The number of imide groups is 1. The Balaban J connectivity index is 1.50. The van der Waals surface area contributed by atoms with Gasteiger partial charge in [-0.1, -0.05) is 0 Å². The molecular formula is C22H13FN2O6. The van der Waals surface area contributed by atoms with E-state index < -0.39 is 28.5 Å². The van der Waals surface area contributed by atoms with Crippen molar-refractivity contribution in [3.63, 3.8) is 0 Å². The zero-order valence-electron chi connectivity index (χ0n) is 15.8. The van der Waals surface area contributed by atoms with E-state index >= 15 is 0 Å². The van der Waals surface area contributed by atoms with Gasteiger partial charge in [-0.25, -0.2) is 14.1 Å². The fraction of sp³-hybridized carbons (Fsp3) is 0.0455. The molecule has 0 N–H and O–H groups in total. The monoisotopic (exact) mass is 420 g/mol. The van der Waals surface area contributed by atoms with Gasteiger partial charge in [0.1, 0.15) is 12.4 Å². The molecule has 0 saturated carbocycles. The van der Waals surface area contributed by atoms with E-state index in [1.54, 1.807) is 0 Å². The summed E-state index contributed by atoms with van der Waals surface area (Å²) in [5.41, 5.74) is 0.925. The number of esters is 1. The lowest BCUT2D eigenvalue weighted by atomic mass is 10.1. The number of amides is 2. The van der Waals surface area contributed by atoms with Gasteiger partial charge in [0.15, 0.2) is 0 Å². The van der Waals surface area contributed by atoms with Crippen LogP contribution >= 0.6 is 0 Å². The average molecular weight is 420 g/mol. The highest BCUT2D eigenvalue weighted by atomic mass is 19.1. The van der Waals surface area contributed by atoms with Crippen molar-refractivity contribution < 1.29 is 28.4 Å². The molecule has 0 fully saturated rings. The summed E-state index contributed by atoms with van der Waals surface area (Å²) in [5.74, 6) is -2.42. The molecule has 1 aliphatic heterocycles. The molecule has 0 saturated heterocycles. The van der Waals surface area contributed by atoms with Crippen LogP contribution in [-0.4, -0.2) is 22.7 Å². The molecule has 0 atom stereocenters. The normalized spacial score (nSPS) is 12.6. The Kier molecular flexibility index (Phi) is 5.00. The van der Waals surface area contributed by atoms with Crippen LogP contribution < -0.4 is 4.90 Å². The molecule has 0 aliphatic carbocycles. The number of hydrogen-bond donors (Lipinski definition) is 0. The van der Waals surface area contributed by atoms with Crippen LogP contribution in [0.5, 0.6) is 0 Å². The van der Waals surface area contributed by atoms with Crippen LogP contribution in [0, 0.1) is 15.9 Å². The second-order valence-electron chi connectivity index (χ2n) is 6.68. The van der Waals surface area contributed by atoms with Crippen LogP contribution in [-0.2, 0) is 11.3 Å². The third-order valence-corrected chi connectivity index (χ3v) is 4.72. The first-order chi connectivity index (χ1) is 14.8. The number of carbonyl (C=O) groups excluding carboxylic acids is 3. The minimum atomic E-state index is -0.721. The van der Waals surface area contributed by atoms with E-state index in [9.17, 15) is 28.9 Å². The van der Waals surface area contributed by atoms with Gasteiger partial charge in [-0.15, -0.1) is 0 Å². The van der Waals surface area contributed by atoms with E-state index in [1.165, 1.54) is 54.6 Å². The predicted octanol–water partition coefficient (Wildman–Crippen LogP) is 3.89. The van der Waals surface area contributed by atoms with Gasteiger partial charge < -0.3 is 4.74 Å². The number of rotatable bonds is 5. The van der Waals surface area contributed by atoms with Crippen molar-refractivity contribution in [1.29, 1.82) is 0 Å². The average Bonchev–Trinajstić information content (AvgIpc) is 3.02. The first-order valence-corrected chi connectivity index (χ1v) is 9.04. The van der Waals surface area contributed by atoms with Crippen LogP contribution in [0.1, 0.15) is 36.6 Å². The topological polar surface area (TPSA) is 107 Å². The molecule has 2 amide bonds. The van der Waals surface area contributed by atoms with Crippen LogP contribution in [0.3, 0.4) is 0 Å². The van der Waals surface area contributed by atoms with Gasteiger partial charge in [0, 0.05) is 12.1 Å². The van der Waals surface area contributed by atoms with Crippen molar-refractivity contribution in [2.45, 2.75) is 6.61 Å². The summed E-state index contributed by atoms with van der Waals surface area (Å²) in [6.45, 7) is -0.123. The molecule has 4 rings (SSSR count). The number of carbonyl (C=O) groups is 3. The van der Waals surface area contributed by atoms with E-state index in [-0.39, 0.29) is 34.7 Å². The van der Waals surface area contributed by atoms with Gasteiger partial charge in [-0.3, -0.25) is 19.7 Å². The highest BCUT2D eigenvalue weighted by molar-refractivity contribution is 6.34. The van der Waals surface area contributed by atoms with E-state index in [2.05, 4.69) is 0 Å². The minimum Gasteiger partial charge on any atom is -0.457 e.